The van der Waals surface area contributed by atoms with E-state index >= 15 is 0 Å². The molecule has 0 saturated heterocycles. The second kappa shape index (κ2) is 7.74. The van der Waals surface area contributed by atoms with Gasteiger partial charge in [-0.3, -0.25) is 9.48 Å². The average Bonchev–Trinajstić information content (AvgIpc) is 2.90. The molecule has 0 aliphatic rings. The summed E-state index contributed by atoms with van der Waals surface area (Å²) in [6, 6.07) is 7.30. The fourth-order valence-electron chi connectivity index (χ4n) is 2.72. The van der Waals surface area contributed by atoms with Crippen molar-refractivity contribution in [2.75, 3.05) is 11.9 Å². The lowest BCUT2D eigenvalue weighted by atomic mass is 10.2. The molecule has 0 aliphatic carbocycles. The zero-order chi connectivity index (χ0) is 18.7. The van der Waals surface area contributed by atoms with Crippen LogP contribution in [0.2, 0.25) is 5.02 Å². The first-order chi connectivity index (χ1) is 12.5. The minimum atomic E-state index is -0.321. The first-order valence-electron chi connectivity index (χ1n) is 8.53. The topological polar surface area (TPSA) is 69.0 Å². The highest BCUT2D eigenvalue weighted by atomic mass is 35.5. The Hall–Kier alpha value is -2.60. The van der Waals surface area contributed by atoms with Gasteiger partial charge in [0.15, 0.2) is 5.65 Å². The van der Waals surface area contributed by atoms with Gasteiger partial charge in [-0.15, -0.1) is 0 Å². The van der Waals surface area contributed by atoms with E-state index in [1.165, 1.54) is 6.20 Å². The lowest BCUT2D eigenvalue weighted by Crippen LogP contribution is -2.13. The van der Waals surface area contributed by atoms with Gasteiger partial charge in [0.05, 0.1) is 28.3 Å². The van der Waals surface area contributed by atoms with Gasteiger partial charge < -0.3 is 10.1 Å². The SMILES string of the molecule is CCCCOc1cccc(NC(=O)c2cnc3c(c(C)nn3C)c2Cl)c1. The summed E-state index contributed by atoms with van der Waals surface area (Å²) >= 11 is 6.46. The highest BCUT2D eigenvalue weighted by Crippen LogP contribution is 2.28. The van der Waals surface area contributed by atoms with Crippen LogP contribution < -0.4 is 10.1 Å². The minimum Gasteiger partial charge on any atom is -0.494 e. The van der Waals surface area contributed by atoms with Crippen molar-refractivity contribution in [1.29, 1.82) is 0 Å². The third-order valence-electron chi connectivity index (χ3n) is 4.07. The van der Waals surface area contributed by atoms with E-state index in [-0.39, 0.29) is 5.91 Å². The van der Waals surface area contributed by atoms with E-state index < -0.39 is 0 Å². The Morgan fingerprint density at radius 3 is 2.96 bits per heavy atom. The van der Waals surface area contributed by atoms with Gasteiger partial charge in [0, 0.05) is 25.0 Å². The number of anilines is 1. The van der Waals surface area contributed by atoms with E-state index in [1.54, 1.807) is 23.9 Å². The molecule has 26 heavy (non-hydrogen) atoms. The lowest BCUT2D eigenvalue weighted by molar-refractivity contribution is 0.102. The Balaban J connectivity index is 1.82. The molecule has 0 atom stereocenters. The third kappa shape index (κ3) is 3.65. The normalized spacial score (nSPS) is 10.9. The van der Waals surface area contributed by atoms with Crippen molar-refractivity contribution in [2.24, 2.45) is 7.05 Å². The maximum absolute atomic E-state index is 12.7. The van der Waals surface area contributed by atoms with Crippen LogP contribution in [0.15, 0.2) is 30.5 Å². The summed E-state index contributed by atoms with van der Waals surface area (Å²) in [4.78, 5) is 17.0. The molecule has 3 rings (SSSR count). The Labute approximate surface area is 157 Å². The number of unbranched alkanes of at least 4 members (excludes halogenated alkanes) is 1. The standard InChI is InChI=1S/C19H21ClN4O2/c1-4-5-9-26-14-8-6-7-13(10-14)22-19(25)15-11-21-18-16(17(15)20)12(2)23-24(18)3/h6-8,10-11H,4-5,9H2,1-3H3,(H,22,25). The zero-order valence-electron chi connectivity index (χ0n) is 15.0. The van der Waals surface area contributed by atoms with Crippen molar-refractivity contribution in [2.45, 2.75) is 26.7 Å². The number of fused-ring (bicyclic) bond motifs is 1. The molecule has 1 aromatic carbocycles. The molecule has 0 saturated carbocycles. The summed E-state index contributed by atoms with van der Waals surface area (Å²) in [6.07, 6.45) is 3.53. The van der Waals surface area contributed by atoms with Crippen LogP contribution in [0.25, 0.3) is 11.0 Å². The Morgan fingerprint density at radius 1 is 1.38 bits per heavy atom. The fraction of sp³-hybridized carbons (Fsp3) is 0.316. The molecule has 0 aliphatic heterocycles. The van der Waals surface area contributed by atoms with Crippen LogP contribution >= 0.6 is 11.6 Å². The summed E-state index contributed by atoms with van der Waals surface area (Å²) < 4.78 is 7.32. The van der Waals surface area contributed by atoms with Crippen LogP contribution in [0.1, 0.15) is 35.8 Å². The molecular formula is C19H21ClN4O2. The van der Waals surface area contributed by atoms with E-state index in [4.69, 9.17) is 16.3 Å². The van der Waals surface area contributed by atoms with Gasteiger partial charge >= 0.3 is 0 Å². The predicted molar refractivity (Wildman–Crippen MR) is 103 cm³/mol. The quantitative estimate of drug-likeness (QED) is 0.652. The van der Waals surface area contributed by atoms with E-state index in [0.29, 0.717) is 33.9 Å². The van der Waals surface area contributed by atoms with Crippen molar-refractivity contribution < 1.29 is 9.53 Å². The molecule has 0 fully saturated rings. The number of rotatable bonds is 6. The van der Waals surface area contributed by atoms with E-state index in [2.05, 4.69) is 22.3 Å². The summed E-state index contributed by atoms with van der Waals surface area (Å²) in [5.74, 6) is 0.400. The Kier molecular flexibility index (Phi) is 5.42. The van der Waals surface area contributed by atoms with Gasteiger partial charge in [0.25, 0.3) is 5.91 Å². The molecule has 3 aromatic rings. The summed E-state index contributed by atoms with van der Waals surface area (Å²) in [6.45, 7) is 4.61. The number of aryl methyl sites for hydroxylation is 2. The zero-order valence-corrected chi connectivity index (χ0v) is 15.8. The van der Waals surface area contributed by atoms with E-state index in [0.717, 1.165) is 24.3 Å². The lowest BCUT2D eigenvalue weighted by Gasteiger charge is -2.10. The molecule has 7 heteroatoms. The number of benzene rings is 1. The van der Waals surface area contributed by atoms with Gasteiger partial charge in [-0.1, -0.05) is 31.0 Å². The Bertz CT molecular complexity index is 952. The molecule has 2 heterocycles. The predicted octanol–water partition coefficient (Wildman–Crippen LogP) is 4.36. The molecule has 0 radical (unpaired) electrons. The number of nitrogens with zero attached hydrogens (tertiary/aromatic N) is 3. The molecule has 1 amide bonds. The van der Waals surface area contributed by atoms with E-state index in [9.17, 15) is 4.79 Å². The number of hydrogen-bond acceptors (Lipinski definition) is 4. The number of amides is 1. The minimum absolute atomic E-state index is 0.313. The molecule has 1 N–H and O–H groups in total. The van der Waals surface area contributed by atoms with Crippen LogP contribution in [0.4, 0.5) is 5.69 Å². The largest absolute Gasteiger partial charge is 0.494 e. The van der Waals surface area contributed by atoms with Crippen molar-refractivity contribution in [1.82, 2.24) is 14.8 Å². The number of pyridine rings is 1. The molecule has 6 nitrogen and oxygen atoms in total. The van der Waals surface area contributed by atoms with Gasteiger partial charge in [-0.05, 0) is 25.5 Å². The monoisotopic (exact) mass is 372 g/mol. The Morgan fingerprint density at radius 2 is 2.19 bits per heavy atom. The first-order valence-corrected chi connectivity index (χ1v) is 8.91. The molecule has 2 aromatic heterocycles. The average molecular weight is 373 g/mol. The summed E-state index contributed by atoms with van der Waals surface area (Å²) in [5.41, 5.74) is 2.34. The van der Waals surface area contributed by atoms with Crippen LogP contribution in [0.5, 0.6) is 5.75 Å². The van der Waals surface area contributed by atoms with Crippen LogP contribution in [-0.4, -0.2) is 27.3 Å². The molecular weight excluding hydrogens is 352 g/mol. The van der Waals surface area contributed by atoms with Crippen molar-refractivity contribution in [3.8, 4) is 5.75 Å². The van der Waals surface area contributed by atoms with Gasteiger partial charge in [0.2, 0.25) is 0 Å². The maximum atomic E-state index is 12.7. The maximum Gasteiger partial charge on any atom is 0.258 e. The number of nitrogens with one attached hydrogen (secondary N) is 1. The molecule has 136 valence electrons. The number of aromatic nitrogens is 3. The number of hydrogen-bond donors (Lipinski definition) is 1. The molecule has 0 spiro atoms. The molecule has 0 unspecified atom stereocenters. The fourth-order valence-corrected chi connectivity index (χ4v) is 3.08. The number of carbonyl (C=O) groups excluding carboxylic acids is 1. The number of ether oxygens (including phenoxy) is 1. The first kappa shape index (κ1) is 18.2. The van der Waals surface area contributed by atoms with Crippen LogP contribution in [0.3, 0.4) is 0 Å². The van der Waals surface area contributed by atoms with Crippen molar-refractivity contribution >= 4 is 34.2 Å². The summed E-state index contributed by atoms with van der Waals surface area (Å²) in [7, 11) is 1.79. The molecule has 0 bridgehead atoms. The van der Waals surface area contributed by atoms with E-state index in [1.807, 2.05) is 19.1 Å². The van der Waals surface area contributed by atoms with Crippen molar-refractivity contribution in [3.63, 3.8) is 0 Å². The van der Waals surface area contributed by atoms with Crippen molar-refractivity contribution in [3.05, 3.63) is 46.7 Å². The number of carbonyl (C=O) groups is 1. The van der Waals surface area contributed by atoms with Gasteiger partial charge in [0.1, 0.15) is 5.75 Å². The van der Waals surface area contributed by atoms with Gasteiger partial charge in [-0.25, -0.2) is 4.98 Å². The highest BCUT2D eigenvalue weighted by molar-refractivity contribution is 6.39. The third-order valence-corrected chi connectivity index (χ3v) is 4.46. The smallest absolute Gasteiger partial charge is 0.258 e. The second-order valence-electron chi connectivity index (χ2n) is 6.08. The van der Waals surface area contributed by atoms with Crippen LogP contribution in [0, 0.1) is 6.92 Å². The summed E-state index contributed by atoms with van der Waals surface area (Å²) in [5, 5.41) is 8.20. The second-order valence-corrected chi connectivity index (χ2v) is 6.46. The van der Waals surface area contributed by atoms with Gasteiger partial charge in [-0.2, -0.15) is 5.10 Å². The highest BCUT2D eigenvalue weighted by Gasteiger charge is 2.18. The number of halogens is 1. The van der Waals surface area contributed by atoms with Crippen LogP contribution in [-0.2, 0) is 7.05 Å².